The summed E-state index contributed by atoms with van der Waals surface area (Å²) in [5.74, 6) is -0.229. The number of anilines is 1. The van der Waals surface area contributed by atoms with Gasteiger partial charge in [-0.3, -0.25) is 14.5 Å². The van der Waals surface area contributed by atoms with Crippen molar-refractivity contribution in [2.24, 2.45) is 0 Å². The average Bonchev–Trinajstić information content (AvgIpc) is 3.46. The summed E-state index contributed by atoms with van der Waals surface area (Å²) in [5.41, 5.74) is 3.48. The number of amides is 1. The number of methoxy groups -OCH3 is 2. The van der Waals surface area contributed by atoms with E-state index in [1.807, 2.05) is 39.0 Å². The van der Waals surface area contributed by atoms with E-state index in [1.54, 1.807) is 43.5 Å². The number of fused-ring (bicyclic) bond motifs is 1. The number of nitrogens with zero attached hydrogens (tertiary/aromatic N) is 2. The number of thiazole rings is 1. The lowest BCUT2D eigenvalue weighted by molar-refractivity contribution is -0.132. The number of aromatic nitrogens is 1. The molecule has 0 radical (unpaired) electrons. The van der Waals surface area contributed by atoms with Crippen molar-refractivity contribution < 1.29 is 28.9 Å². The van der Waals surface area contributed by atoms with E-state index in [0.29, 0.717) is 40.1 Å². The first-order valence-electron chi connectivity index (χ1n) is 12.4. The summed E-state index contributed by atoms with van der Waals surface area (Å²) in [5, 5.41) is 11.9. The van der Waals surface area contributed by atoms with Crippen molar-refractivity contribution >= 4 is 44.1 Å². The smallest absolute Gasteiger partial charge is 0.301 e. The van der Waals surface area contributed by atoms with Gasteiger partial charge in [-0.05, 0) is 79.9 Å². The van der Waals surface area contributed by atoms with E-state index in [9.17, 15) is 14.7 Å². The Labute approximate surface area is 230 Å². The predicted octanol–water partition coefficient (Wildman–Crippen LogP) is 5.96. The number of ether oxygens (including phenoxy) is 3. The largest absolute Gasteiger partial charge is 0.507 e. The van der Waals surface area contributed by atoms with Crippen LogP contribution in [0.3, 0.4) is 0 Å². The minimum atomic E-state index is -0.946. The van der Waals surface area contributed by atoms with E-state index in [2.05, 4.69) is 4.98 Å². The molecule has 8 nitrogen and oxygen atoms in total. The molecule has 4 aromatic rings. The quantitative estimate of drug-likeness (QED) is 0.174. The standard InChI is InChI=1S/C30H28N2O6S/c1-6-38-22-12-8-18(15-23(22)37-5)26-25(27(33)19-9-11-21(36-4)17(3)14-19)28(34)29(35)32(26)30-31-20-10-7-16(2)13-24(20)39-30/h7-15,26,33H,6H2,1-5H3/b27-25+/t26-/m0/s1. The molecule has 1 atom stereocenters. The van der Waals surface area contributed by atoms with Gasteiger partial charge in [0.15, 0.2) is 16.6 Å². The molecule has 1 aliphatic heterocycles. The third-order valence-corrected chi connectivity index (χ3v) is 7.67. The van der Waals surface area contributed by atoms with Crippen LogP contribution in [0.1, 0.15) is 35.2 Å². The molecule has 1 aromatic heterocycles. The van der Waals surface area contributed by atoms with Crippen LogP contribution in [0.5, 0.6) is 17.2 Å². The minimum absolute atomic E-state index is 0.0359. The molecule has 1 aliphatic rings. The summed E-state index contributed by atoms with van der Waals surface area (Å²) in [6.07, 6.45) is 0. The number of benzene rings is 3. The van der Waals surface area contributed by atoms with E-state index in [4.69, 9.17) is 14.2 Å². The van der Waals surface area contributed by atoms with Crippen molar-refractivity contribution in [3.63, 3.8) is 0 Å². The monoisotopic (exact) mass is 544 g/mol. The van der Waals surface area contributed by atoms with Gasteiger partial charge < -0.3 is 19.3 Å². The van der Waals surface area contributed by atoms with Crippen LogP contribution in [-0.2, 0) is 9.59 Å². The van der Waals surface area contributed by atoms with Crippen LogP contribution in [0, 0.1) is 13.8 Å². The molecule has 3 aromatic carbocycles. The lowest BCUT2D eigenvalue weighted by atomic mass is 9.94. The maximum atomic E-state index is 13.6. The predicted molar refractivity (Wildman–Crippen MR) is 151 cm³/mol. The van der Waals surface area contributed by atoms with Gasteiger partial charge in [0.05, 0.1) is 42.7 Å². The number of aliphatic hydroxyl groups excluding tert-OH is 1. The first-order valence-corrected chi connectivity index (χ1v) is 13.2. The Hall–Kier alpha value is -4.37. The van der Waals surface area contributed by atoms with Gasteiger partial charge in [0.2, 0.25) is 0 Å². The minimum Gasteiger partial charge on any atom is -0.507 e. The fourth-order valence-corrected chi connectivity index (χ4v) is 5.87. The second-order valence-corrected chi connectivity index (χ2v) is 10.2. The van der Waals surface area contributed by atoms with Gasteiger partial charge in [-0.25, -0.2) is 4.98 Å². The molecule has 9 heteroatoms. The van der Waals surface area contributed by atoms with Crippen molar-refractivity contribution in [1.82, 2.24) is 4.98 Å². The van der Waals surface area contributed by atoms with E-state index in [0.717, 1.165) is 21.3 Å². The Bertz CT molecular complexity index is 1640. The molecule has 1 amide bonds. The molecule has 0 spiro atoms. The van der Waals surface area contributed by atoms with Crippen molar-refractivity contribution in [1.29, 1.82) is 0 Å². The van der Waals surface area contributed by atoms with E-state index in [-0.39, 0.29) is 11.3 Å². The van der Waals surface area contributed by atoms with Crippen molar-refractivity contribution in [2.75, 3.05) is 25.7 Å². The molecule has 5 rings (SSSR count). The molecular formula is C30H28N2O6S. The van der Waals surface area contributed by atoms with Gasteiger partial charge in [0, 0.05) is 5.56 Å². The zero-order chi connectivity index (χ0) is 27.8. The first-order chi connectivity index (χ1) is 18.8. The van der Waals surface area contributed by atoms with E-state index < -0.39 is 17.7 Å². The summed E-state index contributed by atoms with van der Waals surface area (Å²) >= 11 is 1.32. The zero-order valence-electron chi connectivity index (χ0n) is 22.3. The third-order valence-electron chi connectivity index (χ3n) is 6.65. The van der Waals surface area contributed by atoms with Crippen LogP contribution < -0.4 is 19.1 Å². The number of hydrogen-bond donors (Lipinski definition) is 1. The lowest BCUT2D eigenvalue weighted by Crippen LogP contribution is -2.29. The van der Waals surface area contributed by atoms with Crippen molar-refractivity contribution in [3.05, 3.63) is 82.4 Å². The van der Waals surface area contributed by atoms with Gasteiger partial charge in [-0.15, -0.1) is 0 Å². The van der Waals surface area contributed by atoms with E-state index >= 15 is 0 Å². The number of carbonyl (C=O) groups is 2. The number of hydrogen-bond acceptors (Lipinski definition) is 8. The Kier molecular flexibility index (Phi) is 7.01. The maximum Gasteiger partial charge on any atom is 0.301 e. The third kappa shape index (κ3) is 4.59. The molecule has 0 unspecified atom stereocenters. The molecule has 0 bridgehead atoms. The number of ketones is 1. The summed E-state index contributed by atoms with van der Waals surface area (Å²) in [7, 11) is 3.08. The normalized spacial score (nSPS) is 16.6. The average molecular weight is 545 g/mol. The molecule has 39 heavy (non-hydrogen) atoms. The van der Waals surface area contributed by atoms with E-state index in [1.165, 1.54) is 23.3 Å². The van der Waals surface area contributed by atoms with Crippen molar-refractivity contribution in [2.45, 2.75) is 26.8 Å². The summed E-state index contributed by atoms with van der Waals surface area (Å²) in [6, 6.07) is 15.2. The molecule has 0 aliphatic carbocycles. The zero-order valence-corrected chi connectivity index (χ0v) is 23.1. The second-order valence-electron chi connectivity index (χ2n) is 9.16. The Morgan fingerprint density at radius 2 is 1.72 bits per heavy atom. The molecule has 1 fully saturated rings. The molecule has 1 N–H and O–H groups in total. The fraction of sp³-hybridized carbons (Fsp3) is 0.233. The topological polar surface area (TPSA) is 98.2 Å². The highest BCUT2D eigenvalue weighted by Crippen LogP contribution is 2.46. The van der Waals surface area contributed by atoms with Gasteiger partial charge in [0.25, 0.3) is 5.78 Å². The van der Waals surface area contributed by atoms with Gasteiger partial charge in [-0.1, -0.05) is 23.5 Å². The first kappa shape index (κ1) is 26.2. The number of carbonyl (C=O) groups excluding carboxylic acids is 2. The Morgan fingerprint density at radius 3 is 2.41 bits per heavy atom. The molecule has 200 valence electrons. The highest BCUT2D eigenvalue weighted by atomic mass is 32.1. The summed E-state index contributed by atoms with van der Waals surface area (Å²) < 4.78 is 17.5. The Balaban J connectivity index is 1.73. The van der Waals surface area contributed by atoms with Crippen LogP contribution in [-0.4, -0.2) is 42.6 Å². The lowest BCUT2D eigenvalue weighted by Gasteiger charge is -2.24. The van der Waals surface area contributed by atoms with Gasteiger partial charge in [0.1, 0.15) is 11.5 Å². The Morgan fingerprint density at radius 1 is 0.974 bits per heavy atom. The highest BCUT2D eigenvalue weighted by Gasteiger charge is 2.48. The van der Waals surface area contributed by atoms with Crippen LogP contribution in [0.25, 0.3) is 16.0 Å². The maximum absolute atomic E-state index is 13.6. The van der Waals surface area contributed by atoms with Gasteiger partial charge in [-0.2, -0.15) is 0 Å². The van der Waals surface area contributed by atoms with Crippen LogP contribution in [0.4, 0.5) is 5.13 Å². The molecule has 1 saturated heterocycles. The SMILES string of the molecule is CCOc1ccc([C@H]2/C(=C(\O)c3ccc(OC)c(C)c3)C(=O)C(=O)N2c2nc3ccc(C)cc3s2)cc1OC. The van der Waals surface area contributed by atoms with Crippen molar-refractivity contribution in [3.8, 4) is 17.2 Å². The second kappa shape index (κ2) is 10.4. The number of aryl methyl sites for hydroxylation is 2. The number of Topliss-reactive ketones (excluding diaryl/α,β-unsaturated/α-hetero) is 1. The number of rotatable bonds is 7. The molecular weight excluding hydrogens is 516 g/mol. The summed E-state index contributed by atoms with van der Waals surface area (Å²) in [4.78, 5) is 33.2. The fourth-order valence-electron chi connectivity index (χ4n) is 4.78. The van der Waals surface area contributed by atoms with Gasteiger partial charge >= 0.3 is 5.91 Å². The van der Waals surface area contributed by atoms with Crippen LogP contribution in [0.15, 0.2) is 60.2 Å². The molecule has 0 saturated carbocycles. The highest BCUT2D eigenvalue weighted by molar-refractivity contribution is 7.22. The van der Waals surface area contributed by atoms with Crippen LogP contribution >= 0.6 is 11.3 Å². The summed E-state index contributed by atoms with van der Waals surface area (Å²) in [6.45, 7) is 6.13. The number of aliphatic hydroxyl groups is 1. The molecule has 2 heterocycles. The van der Waals surface area contributed by atoms with Crippen LogP contribution in [0.2, 0.25) is 0 Å².